The zero-order chi connectivity index (χ0) is 38.2. The van der Waals surface area contributed by atoms with Crippen molar-refractivity contribution >= 4 is 5.91 Å². The Morgan fingerprint density at radius 2 is 1.00 bits per heavy atom. The molecule has 0 aromatic heterocycles. The first-order chi connectivity index (χ1) is 25.3. The van der Waals surface area contributed by atoms with Gasteiger partial charge in [0.1, 0.15) is 30.5 Å². The van der Waals surface area contributed by atoms with E-state index in [-0.39, 0.29) is 18.9 Å². The molecule has 3 unspecified atom stereocenters. The van der Waals surface area contributed by atoms with Crippen molar-refractivity contribution in [3.05, 3.63) is 0 Å². The van der Waals surface area contributed by atoms with Crippen LogP contribution in [0.4, 0.5) is 0 Å². The zero-order valence-electron chi connectivity index (χ0n) is 33.4. The summed E-state index contributed by atoms with van der Waals surface area (Å²) in [5.41, 5.74) is 0. The molecule has 7 N–H and O–H groups in total. The third-order valence-corrected chi connectivity index (χ3v) is 10.8. The molecule has 0 radical (unpaired) electrons. The van der Waals surface area contributed by atoms with Crippen molar-refractivity contribution in [3.63, 3.8) is 0 Å². The molecular formula is C42H83NO9. The highest BCUT2D eigenvalue weighted by atomic mass is 16.7. The lowest BCUT2D eigenvalue weighted by molar-refractivity contribution is -0.303. The quantitative estimate of drug-likeness (QED) is 0.0324. The van der Waals surface area contributed by atoms with Crippen LogP contribution in [0.5, 0.6) is 0 Å². The minimum Gasteiger partial charge on any atom is -0.394 e. The number of nitrogens with one attached hydrogen (secondary N) is 1. The van der Waals surface area contributed by atoms with Gasteiger partial charge in [-0.05, 0) is 12.8 Å². The maximum atomic E-state index is 13.0. The number of ether oxygens (including phenoxy) is 2. The molecule has 1 fully saturated rings. The van der Waals surface area contributed by atoms with Gasteiger partial charge >= 0.3 is 0 Å². The Kier molecular flexibility index (Phi) is 31.7. The second-order valence-electron chi connectivity index (χ2n) is 15.6. The van der Waals surface area contributed by atoms with E-state index in [0.717, 1.165) is 44.9 Å². The molecule has 1 aliphatic heterocycles. The van der Waals surface area contributed by atoms with E-state index < -0.39 is 55.6 Å². The molecule has 0 aromatic rings. The number of amides is 1. The molecule has 52 heavy (non-hydrogen) atoms. The lowest BCUT2D eigenvalue weighted by atomic mass is 9.98. The van der Waals surface area contributed by atoms with Crippen LogP contribution in [-0.2, 0) is 14.3 Å². The summed E-state index contributed by atoms with van der Waals surface area (Å²) in [6, 6.07) is -0.983. The average molecular weight is 746 g/mol. The summed E-state index contributed by atoms with van der Waals surface area (Å²) < 4.78 is 11.1. The lowest BCUT2D eigenvalue weighted by Crippen LogP contribution is -2.60. The molecule has 10 nitrogen and oxygen atoms in total. The summed E-state index contributed by atoms with van der Waals surface area (Å²) in [5, 5.41) is 65.0. The van der Waals surface area contributed by atoms with Crippen LogP contribution in [0.2, 0.25) is 0 Å². The highest BCUT2D eigenvalue weighted by Gasteiger charge is 2.44. The molecule has 0 bridgehead atoms. The summed E-state index contributed by atoms with van der Waals surface area (Å²) in [6.45, 7) is 3.60. The summed E-state index contributed by atoms with van der Waals surface area (Å²) >= 11 is 0. The number of hydrogen-bond donors (Lipinski definition) is 7. The number of hydrogen-bond acceptors (Lipinski definition) is 9. The van der Waals surface area contributed by atoms with Crippen molar-refractivity contribution in [2.45, 2.75) is 249 Å². The topological polar surface area (TPSA) is 169 Å². The van der Waals surface area contributed by atoms with E-state index in [9.17, 15) is 35.4 Å². The maximum Gasteiger partial charge on any atom is 0.220 e. The molecule has 0 aromatic carbocycles. The van der Waals surface area contributed by atoms with E-state index in [1.165, 1.54) is 128 Å². The molecule has 0 aliphatic carbocycles. The van der Waals surface area contributed by atoms with Crippen LogP contribution < -0.4 is 5.32 Å². The van der Waals surface area contributed by atoms with Gasteiger partial charge in [-0.15, -0.1) is 0 Å². The maximum absolute atomic E-state index is 13.0. The van der Waals surface area contributed by atoms with Gasteiger partial charge in [-0.1, -0.05) is 181 Å². The molecule has 310 valence electrons. The highest BCUT2D eigenvalue weighted by molar-refractivity contribution is 5.76. The standard InChI is InChI=1S/C42H83NO9/c1-3-5-7-9-11-13-15-17-18-19-21-23-25-27-29-31-37(46)43-34(33-51-42-41(50)40(49)39(48)36(32-44)52-42)38(47)35(45)30-28-26-24-22-20-16-14-12-10-8-6-4-2/h34-36,38-42,44-45,47-50H,3-33H2,1-2H3,(H,43,46)/t34-,35+,36?,38-,39-,40?,41?,42-/m0/s1. The summed E-state index contributed by atoms with van der Waals surface area (Å²) in [6.07, 6.45) is 23.9. The van der Waals surface area contributed by atoms with E-state index in [1.807, 2.05) is 0 Å². The first-order valence-corrected chi connectivity index (χ1v) is 21.8. The Labute approximate surface area is 317 Å². The third kappa shape index (κ3) is 23.8. The molecule has 1 saturated heterocycles. The average Bonchev–Trinajstić information content (AvgIpc) is 3.14. The van der Waals surface area contributed by atoms with Gasteiger partial charge in [0, 0.05) is 6.42 Å². The van der Waals surface area contributed by atoms with Crippen molar-refractivity contribution in [3.8, 4) is 0 Å². The van der Waals surface area contributed by atoms with Gasteiger partial charge in [-0.3, -0.25) is 4.79 Å². The molecule has 1 aliphatic rings. The van der Waals surface area contributed by atoms with E-state index in [0.29, 0.717) is 6.42 Å². The van der Waals surface area contributed by atoms with Crippen molar-refractivity contribution in [2.24, 2.45) is 0 Å². The smallest absolute Gasteiger partial charge is 0.220 e. The lowest BCUT2D eigenvalue weighted by Gasteiger charge is -2.40. The number of aliphatic hydroxyl groups excluding tert-OH is 6. The fourth-order valence-electron chi connectivity index (χ4n) is 7.20. The van der Waals surface area contributed by atoms with Gasteiger partial charge in [0.05, 0.1) is 25.4 Å². The van der Waals surface area contributed by atoms with Crippen molar-refractivity contribution in [1.29, 1.82) is 0 Å². The van der Waals surface area contributed by atoms with Crippen LogP contribution in [0.1, 0.15) is 200 Å². The van der Waals surface area contributed by atoms with Crippen LogP contribution in [0.15, 0.2) is 0 Å². The predicted molar refractivity (Wildman–Crippen MR) is 209 cm³/mol. The molecule has 10 heteroatoms. The van der Waals surface area contributed by atoms with E-state index in [1.54, 1.807) is 0 Å². The zero-order valence-corrected chi connectivity index (χ0v) is 33.4. The largest absolute Gasteiger partial charge is 0.394 e. The second kappa shape index (κ2) is 33.5. The van der Waals surface area contributed by atoms with Gasteiger partial charge in [-0.25, -0.2) is 0 Å². The Balaban J connectivity index is 2.42. The van der Waals surface area contributed by atoms with Gasteiger partial charge in [0.2, 0.25) is 5.91 Å². The molecule has 1 rings (SSSR count). The number of carbonyl (C=O) groups excluding carboxylic acids is 1. The fraction of sp³-hybridized carbons (Fsp3) is 0.976. The Hall–Kier alpha value is -0.850. The first-order valence-electron chi connectivity index (χ1n) is 21.8. The molecule has 1 amide bonds. The fourth-order valence-corrected chi connectivity index (χ4v) is 7.20. The monoisotopic (exact) mass is 746 g/mol. The number of unbranched alkanes of at least 4 members (excludes halogenated alkanes) is 25. The Morgan fingerprint density at radius 3 is 1.42 bits per heavy atom. The van der Waals surface area contributed by atoms with Crippen LogP contribution in [0, 0.1) is 0 Å². The van der Waals surface area contributed by atoms with E-state index in [4.69, 9.17) is 9.47 Å². The Morgan fingerprint density at radius 1 is 0.596 bits per heavy atom. The molecule has 0 spiro atoms. The number of carbonyl (C=O) groups is 1. The number of aliphatic hydroxyl groups is 6. The van der Waals surface area contributed by atoms with Crippen molar-refractivity contribution < 1.29 is 44.9 Å². The third-order valence-electron chi connectivity index (χ3n) is 10.8. The van der Waals surface area contributed by atoms with Gasteiger partial charge in [0.15, 0.2) is 6.29 Å². The van der Waals surface area contributed by atoms with Crippen LogP contribution in [0.3, 0.4) is 0 Å². The summed E-state index contributed by atoms with van der Waals surface area (Å²) in [5.74, 6) is -0.256. The van der Waals surface area contributed by atoms with Gasteiger partial charge in [-0.2, -0.15) is 0 Å². The van der Waals surface area contributed by atoms with Crippen LogP contribution >= 0.6 is 0 Å². The minimum atomic E-state index is -1.60. The Bertz CT molecular complexity index is 803. The van der Waals surface area contributed by atoms with Gasteiger partial charge < -0.3 is 45.4 Å². The SMILES string of the molecule is CCCCCCCCCCCCCCCCCC(=O)N[C@@H](CO[C@H]1OC(CO)[C@H](O)C(O)C1O)[C@H](O)[C@H](O)CCCCCCCCCCCCCC. The molecular weight excluding hydrogens is 662 g/mol. The molecule has 0 saturated carbocycles. The van der Waals surface area contributed by atoms with E-state index in [2.05, 4.69) is 19.2 Å². The van der Waals surface area contributed by atoms with E-state index >= 15 is 0 Å². The first kappa shape index (κ1) is 49.2. The summed E-state index contributed by atoms with van der Waals surface area (Å²) in [4.78, 5) is 13.0. The minimum absolute atomic E-state index is 0.256. The van der Waals surface area contributed by atoms with Crippen LogP contribution in [-0.4, -0.2) is 98.7 Å². The van der Waals surface area contributed by atoms with Crippen molar-refractivity contribution in [1.82, 2.24) is 5.32 Å². The van der Waals surface area contributed by atoms with Crippen LogP contribution in [0.25, 0.3) is 0 Å². The highest BCUT2D eigenvalue weighted by Crippen LogP contribution is 2.23. The normalized spacial score (nSPS) is 22.3. The molecule has 1 heterocycles. The second-order valence-corrected chi connectivity index (χ2v) is 15.6. The summed E-state index contributed by atoms with van der Waals surface area (Å²) in [7, 11) is 0. The predicted octanol–water partition coefficient (Wildman–Crippen LogP) is 7.36. The number of rotatable bonds is 36. The van der Waals surface area contributed by atoms with Gasteiger partial charge in [0.25, 0.3) is 0 Å². The van der Waals surface area contributed by atoms with Crippen molar-refractivity contribution in [2.75, 3.05) is 13.2 Å². The molecule has 8 atom stereocenters.